The molecule has 178 valence electrons. The molecular weight excluding hydrogens is 472 g/mol. The van der Waals surface area contributed by atoms with E-state index in [1.54, 1.807) is 0 Å². The van der Waals surface area contributed by atoms with Crippen LogP contribution in [0.4, 0.5) is 10.8 Å². The van der Waals surface area contributed by atoms with Gasteiger partial charge in [0.15, 0.2) is 10.2 Å². The van der Waals surface area contributed by atoms with Gasteiger partial charge in [-0.15, -0.1) is 0 Å². The van der Waals surface area contributed by atoms with Crippen LogP contribution in [0.2, 0.25) is 0 Å². The second kappa shape index (κ2) is 11.3. The second-order valence-electron chi connectivity index (χ2n) is 8.06. The number of rotatable bonds is 7. The minimum Gasteiger partial charge on any atom is -0.372 e. The molecule has 0 aliphatic heterocycles. The Balaban J connectivity index is 1.51. The molecule has 3 aromatic carbocycles. The van der Waals surface area contributed by atoms with Crippen molar-refractivity contribution >= 4 is 45.4 Å². The van der Waals surface area contributed by atoms with Crippen LogP contribution in [0.15, 0.2) is 78.9 Å². The van der Waals surface area contributed by atoms with E-state index in [0.29, 0.717) is 10.7 Å². The van der Waals surface area contributed by atoms with Crippen LogP contribution < -0.4 is 15.5 Å². The summed E-state index contributed by atoms with van der Waals surface area (Å²) in [5, 5.41) is 6.71. The number of hydrogen-bond donors (Lipinski definition) is 2. The van der Waals surface area contributed by atoms with Gasteiger partial charge in [0.25, 0.3) is 5.91 Å². The van der Waals surface area contributed by atoms with Gasteiger partial charge in [-0.2, -0.15) is 0 Å². The van der Waals surface area contributed by atoms with E-state index in [4.69, 9.17) is 17.2 Å². The van der Waals surface area contributed by atoms with Crippen LogP contribution in [0.1, 0.15) is 29.8 Å². The highest BCUT2D eigenvalue weighted by atomic mass is 32.1. The van der Waals surface area contributed by atoms with E-state index in [1.165, 1.54) is 16.9 Å². The van der Waals surface area contributed by atoms with Crippen molar-refractivity contribution in [1.29, 1.82) is 0 Å². The number of carbonyl (C=O) groups excluding carboxylic acids is 1. The first-order chi connectivity index (χ1) is 17.0. The van der Waals surface area contributed by atoms with Crippen molar-refractivity contribution in [2.45, 2.75) is 20.8 Å². The molecule has 1 heterocycles. The van der Waals surface area contributed by atoms with Gasteiger partial charge in [0.05, 0.1) is 10.6 Å². The summed E-state index contributed by atoms with van der Waals surface area (Å²) in [6, 6.07) is 26.0. The number of carbonyl (C=O) groups is 1. The van der Waals surface area contributed by atoms with E-state index in [1.807, 2.05) is 42.5 Å². The van der Waals surface area contributed by atoms with Crippen LogP contribution in [0, 0.1) is 6.92 Å². The van der Waals surface area contributed by atoms with Crippen LogP contribution in [0.3, 0.4) is 0 Å². The number of thiazole rings is 1. The highest BCUT2D eigenvalue weighted by molar-refractivity contribution is 7.80. The van der Waals surface area contributed by atoms with E-state index in [2.05, 4.69) is 72.7 Å². The van der Waals surface area contributed by atoms with E-state index in [-0.39, 0.29) is 11.0 Å². The van der Waals surface area contributed by atoms with Crippen LogP contribution in [-0.2, 0) is 0 Å². The normalized spacial score (nSPS) is 10.6. The van der Waals surface area contributed by atoms with Crippen molar-refractivity contribution in [1.82, 2.24) is 10.3 Å². The lowest BCUT2D eigenvalue weighted by Crippen LogP contribution is -2.34. The van der Waals surface area contributed by atoms with Crippen molar-refractivity contribution in [3.05, 3.63) is 90.0 Å². The summed E-state index contributed by atoms with van der Waals surface area (Å²) >= 11 is 6.94. The van der Waals surface area contributed by atoms with Crippen LogP contribution in [0.25, 0.3) is 21.7 Å². The molecule has 1 aromatic heterocycles. The molecule has 4 rings (SSSR count). The van der Waals surface area contributed by atoms with Gasteiger partial charge < -0.3 is 10.2 Å². The summed E-state index contributed by atoms with van der Waals surface area (Å²) in [6.45, 7) is 8.12. The van der Waals surface area contributed by atoms with Crippen LogP contribution >= 0.6 is 23.6 Å². The van der Waals surface area contributed by atoms with Gasteiger partial charge >= 0.3 is 0 Å². The van der Waals surface area contributed by atoms with Crippen molar-refractivity contribution in [2.24, 2.45) is 0 Å². The van der Waals surface area contributed by atoms with Gasteiger partial charge in [-0.25, -0.2) is 4.98 Å². The van der Waals surface area contributed by atoms with E-state index >= 15 is 0 Å². The van der Waals surface area contributed by atoms with E-state index < -0.39 is 0 Å². The monoisotopic (exact) mass is 500 g/mol. The molecule has 0 saturated carbocycles. The van der Waals surface area contributed by atoms with Crippen LogP contribution in [0.5, 0.6) is 0 Å². The summed E-state index contributed by atoms with van der Waals surface area (Å²) in [5.41, 5.74) is 5.82. The summed E-state index contributed by atoms with van der Waals surface area (Å²) in [5.74, 6) is -0.257. The van der Waals surface area contributed by atoms with Crippen molar-refractivity contribution in [3.8, 4) is 21.7 Å². The minimum absolute atomic E-state index is 0.214. The first kappa shape index (κ1) is 24.6. The predicted molar refractivity (Wildman–Crippen MR) is 151 cm³/mol. The third-order valence-electron chi connectivity index (χ3n) is 5.69. The fourth-order valence-electron chi connectivity index (χ4n) is 3.78. The zero-order chi connectivity index (χ0) is 24.8. The zero-order valence-corrected chi connectivity index (χ0v) is 21.7. The van der Waals surface area contributed by atoms with Gasteiger partial charge in [0, 0.05) is 29.9 Å². The number of nitrogens with zero attached hydrogens (tertiary/aromatic N) is 2. The quantitative estimate of drug-likeness (QED) is 0.275. The number of aryl methyl sites for hydroxylation is 1. The SMILES string of the molecule is CCN(CC)c1ccc(C(=O)NC(=S)Nc2nc(-c3ccc(C)cc3)c(-c3ccccc3)s2)cc1. The lowest BCUT2D eigenvalue weighted by molar-refractivity contribution is 0.0977. The molecule has 5 nitrogen and oxygen atoms in total. The maximum atomic E-state index is 12.7. The number of thiocarbonyl (C=S) groups is 1. The Bertz CT molecular complexity index is 1300. The third-order valence-corrected chi connectivity index (χ3v) is 6.92. The Morgan fingerprint density at radius 3 is 2.20 bits per heavy atom. The summed E-state index contributed by atoms with van der Waals surface area (Å²) in [7, 11) is 0. The molecule has 0 saturated heterocycles. The average Bonchev–Trinajstić information content (AvgIpc) is 3.29. The maximum absolute atomic E-state index is 12.7. The smallest absolute Gasteiger partial charge is 0.257 e. The Kier molecular flexibility index (Phi) is 7.90. The molecule has 0 radical (unpaired) electrons. The Hall–Kier alpha value is -3.55. The topological polar surface area (TPSA) is 57.3 Å². The largest absolute Gasteiger partial charge is 0.372 e. The maximum Gasteiger partial charge on any atom is 0.257 e. The third kappa shape index (κ3) is 5.93. The highest BCUT2D eigenvalue weighted by Gasteiger charge is 2.17. The summed E-state index contributed by atoms with van der Waals surface area (Å²) in [6.07, 6.45) is 0. The number of aromatic nitrogens is 1. The van der Waals surface area contributed by atoms with Gasteiger partial charge in [-0.3, -0.25) is 10.1 Å². The van der Waals surface area contributed by atoms with Crippen molar-refractivity contribution < 1.29 is 4.79 Å². The number of benzene rings is 3. The molecule has 7 heteroatoms. The Labute approximate surface area is 215 Å². The van der Waals surface area contributed by atoms with Crippen molar-refractivity contribution in [3.63, 3.8) is 0 Å². The average molecular weight is 501 g/mol. The first-order valence-corrected chi connectivity index (χ1v) is 12.8. The predicted octanol–water partition coefficient (Wildman–Crippen LogP) is 6.76. The molecule has 0 bridgehead atoms. The molecule has 1 amide bonds. The molecule has 4 aromatic rings. The van der Waals surface area contributed by atoms with E-state index in [0.717, 1.165) is 40.5 Å². The fourth-order valence-corrected chi connectivity index (χ4v) is 5.03. The molecule has 0 unspecified atom stereocenters. The molecule has 35 heavy (non-hydrogen) atoms. The van der Waals surface area contributed by atoms with Gasteiger partial charge in [-0.05, 0) is 62.8 Å². The molecule has 0 fully saturated rings. The lowest BCUT2D eigenvalue weighted by atomic mass is 10.1. The highest BCUT2D eigenvalue weighted by Crippen LogP contribution is 2.39. The number of amides is 1. The van der Waals surface area contributed by atoms with E-state index in [9.17, 15) is 4.79 Å². The number of nitrogens with one attached hydrogen (secondary N) is 2. The van der Waals surface area contributed by atoms with Crippen molar-refractivity contribution in [2.75, 3.05) is 23.3 Å². The van der Waals surface area contributed by atoms with Gasteiger partial charge in [0.2, 0.25) is 0 Å². The number of anilines is 2. The summed E-state index contributed by atoms with van der Waals surface area (Å²) in [4.78, 5) is 20.8. The molecule has 0 aliphatic rings. The summed E-state index contributed by atoms with van der Waals surface area (Å²) < 4.78 is 0. The zero-order valence-electron chi connectivity index (χ0n) is 20.0. The second-order valence-corrected chi connectivity index (χ2v) is 9.46. The first-order valence-electron chi connectivity index (χ1n) is 11.6. The lowest BCUT2D eigenvalue weighted by Gasteiger charge is -2.21. The standard InChI is InChI=1S/C28H28N4OS2/c1-4-32(5-2)23-17-15-22(16-18-23)26(33)30-27(34)31-28-29-24(20-13-11-19(3)12-14-20)25(35-28)21-9-7-6-8-10-21/h6-18H,4-5H2,1-3H3,(H2,29,30,31,33,34). The molecule has 0 aliphatic carbocycles. The molecule has 2 N–H and O–H groups in total. The van der Waals surface area contributed by atoms with Crippen LogP contribution in [-0.4, -0.2) is 29.1 Å². The molecular formula is C28H28N4OS2. The molecule has 0 atom stereocenters. The van der Waals surface area contributed by atoms with Gasteiger partial charge in [0.1, 0.15) is 0 Å². The minimum atomic E-state index is -0.257. The number of hydrogen-bond acceptors (Lipinski definition) is 5. The van der Waals surface area contributed by atoms with Gasteiger partial charge in [-0.1, -0.05) is 71.5 Å². The Morgan fingerprint density at radius 1 is 0.914 bits per heavy atom. The molecule has 0 spiro atoms. The fraction of sp³-hybridized carbons (Fsp3) is 0.179. The Morgan fingerprint density at radius 2 is 1.57 bits per heavy atom.